The number of halogens is 1. The van der Waals surface area contributed by atoms with Crippen molar-refractivity contribution in [2.24, 2.45) is 11.3 Å². The maximum atomic E-state index is 10.2. The number of nitrogens with one attached hydrogen (secondary N) is 1. The van der Waals surface area contributed by atoms with E-state index in [9.17, 15) is 10.4 Å². The van der Waals surface area contributed by atoms with Gasteiger partial charge >= 0.3 is 0 Å². The summed E-state index contributed by atoms with van der Waals surface area (Å²) in [6.07, 6.45) is 8.88. The lowest BCUT2D eigenvalue weighted by Crippen LogP contribution is -2.37. The molecule has 1 saturated carbocycles. The van der Waals surface area contributed by atoms with Crippen molar-refractivity contribution in [3.63, 3.8) is 0 Å². The van der Waals surface area contributed by atoms with Crippen LogP contribution in [0.5, 0.6) is 0 Å². The lowest BCUT2D eigenvalue weighted by molar-refractivity contribution is -0.00748. The van der Waals surface area contributed by atoms with Gasteiger partial charge in [0.05, 0.1) is 28.6 Å². The fourth-order valence-electron chi connectivity index (χ4n) is 3.88. The summed E-state index contributed by atoms with van der Waals surface area (Å²) in [5.41, 5.74) is 2.24. The summed E-state index contributed by atoms with van der Waals surface area (Å²) in [5.74, 6) is 0.935. The van der Waals surface area contributed by atoms with Gasteiger partial charge in [-0.2, -0.15) is 5.26 Å². The monoisotopic (exact) mass is 399 g/mol. The molecule has 0 aromatic carbocycles. The van der Waals surface area contributed by atoms with Crippen LogP contribution in [0.3, 0.4) is 0 Å². The highest BCUT2D eigenvalue weighted by Crippen LogP contribution is 2.40. The van der Waals surface area contributed by atoms with Gasteiger partial charge in [0, 0.05) is 18.9 Å². The summed E-state index contributed by atoms with van der Waals surface area (Å²) in [5, 5.41) is 23.4. The third kappa shape index (κ3) is 5.18. The van der Waals surface area contributed by atoms with Crippen LogP contribution in [0.1, 0.15) is 49.9 Å². The lowest BCUT2D eigenvalue weighted by atomic mass is 9.69. The number of hydrogen-bond donors (Lipinski definition) is 2. The van der Waals surface area contributed by atoms with Gasteiger partial charge < -0.3 is 10.4 Å². The molecule has 0 saturated heterocycles. The van der Waals surface area contributed by atoms with E-state index in [1.54, 1.807) is 18.6 Å². The molecule has 1 aliphatic carbocycles. The molecule has 2 atom stereocenters. The van der Waals surface area contributed by atoms with Crippen LogP contribution in [0.4, 0.5) is 5.95 Å². The third-order valence-electron chi connectivity index (χ3n) is 5.49. The first-order valence-corrected chi connectivity index (χ1v) is 10.0. The Morgan fingerprint density at radius 1 is 1.32 bits per heavy atom. The minimum Gasteiger partial charge on any atom is -0.393 e. The molecule has 7 heteroatoms. The fraction of sp³-hybridized carbons (Fsp3) is 0.524. The normalized spacial score (nSPS) is 21.1. The summed E-state index contributed by atoms with van der Waals surface area (Å²) < 4.78 is 0. The number of aromatic nitrogens is 3. The number of pyridine rings is 1. The number of nitriles is 1. The standard InChI is InChI=1S/C21H26ClN5O/c1-21(2)9-14(3-4-19(21)28)8-18-16(10-23)12-26-20(27-18)25-6-5-15-7-17(22)13-24-11-15/h7,11-14,19,28H,3-6,8-9H2,1-2H3,(H,25,26,27)/t14?,19-/m0/s1. The fourth-order valence-corrected chi connectivity index (χ4v) is 4.07. The molecule has 1 unspecified atom stereocenters. The van der Waals surface area contributed by atoms with E-state index in [1.165, 1.54) is 0 Å². The number of rotatable bonds is 6. The van der Waals surface area contributed by atoms with Gasteiger partial charge in [-0.15, -0.1) is 0 Å². The summed E-state index contributed by atoms with van der Waals surface area (Å²) in [6.45, 7) is 4.86. The average molecular weight is 400 g/mol. The second-order valence-electron chi connectivity index (χ2n) is 8.21. The van der Waals surface area contributed by atoms with Crippen LogP contribution in [0.2, 0.25) is 5.02 Å². The van der Waals surface area contributed by atoms with Crippen LogP contribution < -0.4 is 5.32 Å². The van der Waals surface area contributed by atoms with Gasteiger partial charge in [-0.05, 0) is 55.1 Å². The topological polar surface area (TPSA) is 94.7 Å². The molecule has 2 aromatic heterocycles. The van der Waals surface area contributed by atoms with Gasteiger partial charge in [0.25, 0.3) is 0 Å². The number of anilines is 1. The van der Waals surface area contributed by atoms with Crippen molar-refractivity contribution in [1.82, 2.24) is 15.0 Å². The van der Waals surface area contributed by atoms with E-state index >= 15 is 0 Å². The summed E-state index contributed by atoms with van der Waals surface area (Å²) in [6, 6.07) is 4.09. The van der Waals surface area contributed by atoms with Gasteiger partial charge in [-0.25, -0.2) is 9.97 Å². The third-order valence-corrected chi connectivity index (χ3v) is 5.70. The van der Waals surface area contributed by atoms with Crippen LogP contribution in [0, 0.1) is 22.7 Å². The van der Waals surface area contributed by atoms with Crippen LogP contribution in [0.25, 0.3) is 0 Å². The molecular weight excluding hydrogens is 374 g/mol. The van der Waals surface area contributed by atoms with E-state index in [-0.39, 0.29) is 11.5 Å². The first-order chi connectivity index (χ1) is 13.4. The first kappa shape index (κ1) is 20.5. The van der Waals surface area contributed by atoms with Crippen LogP contribution >= 0.6 is 11.6 Å². The van der Waals surface area contributed by atoms with Crippen molar-refractivity contribution in [3.05, 3.63) is 46.5 Å². The molecule has 6 nitrogen and oxygen atoms in total. The molecule has 2 aromatic rings. The van der Waals surface area contributed by atoms with E-state index in [1.807, 2.05) is 6.07 Å². The molecule has 0 radical (unpaired) electrons. The Balaban J connectivity index is 1.64. The second-order valence-corrected chi connectivity index (χ2v) is 8.65. The smallest absolute Gasteiger partial charge is 0.222 e. The highest BCUT2D eigenvalue weighted by atomic mass is 35.5. The van der Waals surface area contributed by atoms with Gasteiger partial charge in [0.2, 0.25) is 5.95 Å². The SMILES string of the molecule is CC1(C)CC(Cc2nc(NCCc3cncc(Cl)c3)ncc2C#N)CC[C@@H]1O. The van der Waals surface area contributed by atoms with Crippen molar-refractivity contribution in [2.45, 2.75) is 52.1 Å². The van der Waals surface area contributed by atoms with Gasteiger partial charge in [-0.3, -0.25) is 4.98 Å². The van der Waals surface area contributed by atoms with E-state index in [0.29, 0.717) is 29.0 Å². The zero-order chi connectivity index (χ0) is 20.1. The molecule has 2 N–H and O–H groups in total. The van der Waals surface area contributed by atoms with Crippen LogP contribution in [-0.2, 0) is 12.8 Å². The molecule has 0 bridgehead atoms. The quantitative estimate of drug-likeness (QED) is 0.767. The Labute approximate surface area is 171 Å². The lowest BCUT2D eigenvalue weighted by Gasteiger charge is -2.39. The number of nitrogens with zero attached hydrogens (tertiary/aromatic N) is 4. The van der Waals surface area contributed by atoms with Crippen molar-refractivity contribution < 1.29 is 5.11 Å². The zero-order valence-corrected chi connectivity index (χ0v) is 17.1. The van der Waals surface area contributed by atoms with Crippen LogP contribution in [0.15, 0.2) is 24.7 Å². The minimum atomic E-state index is -0.261. The molecule has 148 valence electrons. The Bertz CT molecular complexity index is 864. The highest BCUT2D eigenvalue weighted by molar-refractivity contribution is 6.30. The van der Waals surface area contributed by atoms with Crippen molar-refractivity contribution in [2.75, 3.05) is 11.9 Å². The first-order valence-electron chi connectivity index (χ1n) is 9.65. The van der Waals surface area contributed by atoms with Crippen molar-refractivity contribution in [1.29, 1.82) is 5.26 Å². The molecule has 2 heterocycles. The molecule has 1 aliphatic rings. The highest BCUT2D eigenvalue weighted by Gasteiger charge is 2.35. The zero-order valence-electron chi connectivity index (χ0n) is 16.3. The van der Waals surface area contributed by atoms with Crippen molar-refractivity contribution in [3.8, 4) is 6.07 Å². The Kier molecular flexibility index (Phi) is 6.48. The van der Waals surface area contributed by atoms with E-state index in [0.717, 1.165) is 43.4 Å². The van der Waals surface area contributed by atoms with Gasteiger partial charge in [0.1, 0.15) is 6.07 Å². The summed E-state index contributed by atoms with van der Waals surface area (Å²) in [4.78, 5) is 13.0. The molecule has 0 aliphatic heterocycles. The van der Waals surface area contributed by atoms with Crippen LogP contribution in [-0.4, -0.2) is 32.7 Å². The predicted octanol–water partition coefficient (Wildman–Crippen LogP) is 3.78. The van der Waals surface area contributed by atoms with E-state index < -0.39 is 0 Å². The molecule has 0 spiro atoms. The second kappa shape index (κ2) is 8.85. The molecule has 3 rings (SSSR count). The predicted molar refractivity (Wildman–Crippen MR) is 109 cm³/mol. The number of aliphatic hydroxyl groups is 1. The molecule has 28 heavy (non-hydrogen) atoms. The van der Waals surface area contributed by atoms with E-state index in [4.69, 9.17) is 11.6 Å². The molecular formula is C21H26ClN5O. The average Bonchev–Trinajstić information content (AvgIpc) is 2.65. The number of aliphatic hydroxyl groups excluding tert-OH is 1. The minimum absolute atomic E-state index is 0.102. The van der Waals surface area contributed by atoms with Gasteiger partial charge in [-0.1, -0.05) is 25.4 Å². The maximum Gasteiger partial charge on any atom is 0.222 e. The maximum absolute atomic E-state index is 10.2. The Hall–Kier alpha value is -2.23. The summed E-state index contributed by atoms with van der Waals surface area (Å²) in [7, 11) is 0. The Morgan fingerprint density at radius 2 is 2.14 bits per heavy atom. The van der Waals surface area contributed by atoms with Gasteiger partial charge in [0.15, 0.2) is 0 Å². The van der Waals surface area contributed by atoms with E-state index in [2.05, 4.69) is 40.2 Å². The van der Waals surface area contributed by atoms with Crippen molar-refractivity contribution >= 4 is 17.5 Å². The largest absolute Gasteiger partial charge is 0.393 e. The molecule has 0 amide bonds. The number of hydrogen-bond acceptors (Lipinski definition) is 6. The summed E-state index contributed by atoms with van der Waals surface area (Å²) >= 11 is 5.96. The Morgan fingerprint density at radius 3 is 2.86 bits per heavy atom. The molecule has 1 fully saturated rings.